The fraction of sp³-hybridized carbons (Fsp3) is 0.222. The summed E-state index contributed by atoms with van der Waals surface area (Å²) in [5.41, 5.74) is 23.6. The molecule has 0 radical (unpaired) electrons. The van der Waals surface area contributed by atoms with E-state index < -0.39 is 0 Å². The molecule has 0 atom stereocenters. The largest absolute Gasteiger partial charge is 0.310 e. The smallest absolute Gasteiger partial charge is 0.0543 e. The first-order chi connectivity index (χ1) is 26.8. The average molecular weight is 725 g/mol. The van der Waals surface area contributed by atoms with Gasteiger partial charge in [-0.3, -0.25) is 0 Å². The molecule has 0 fully saturated rings. The SMILES string of the molecule is CC1(C)c2cc(N(c3ccccc3)c3ccccc3)ccc2-c2cc3c(cc21)-c1cc2c(cc1C3(C)C)N1c3ccccc3C(C)(C)c3cccc(c31)C2(C)C. The average Bonchev–Trinajstić information content (AvgIpc) is 3.55. The number of para-hydroxylation sites is 4. The van der Waals surface area contributed by atoms with Crippen LogP contribution in [0, 0.1) is 0 Å². The van der Waals surface area contributed by atoms with Crippen molar-refractivity contribution in [2.24, 2.45) is 0 Å². The van der Waals surface area contributed by atoms with E-state index in [1.807, 2.05) is 0 Å². The van der Waals surface area contributed by atoms with E-state index in [2.05, 4.69) is 211 Å². The van der Waals surface area contributed by atoms with Crippen molar-refractivity contribution in [1.29, 1.82) is 0 Å². The van der Waals surface area contributed by atoms with Gasteiger partial charge < -0.3 is 9.80 Å². The summed E-state index contributed by atoms with van der Waals surface area (Å²) in [6, 6.07) is 55.0. The van der Waals surface area contributed by atoms with E-state index >= 15 is 0 Å². The lowest BCUT2D eigenvalue weighted by atomic mass is 9.66. The van der Waals surface area contributed by atoms with Crippen molar-refractivity contribution in [1.82, 2.24) is 0 Å². The molecule has 2 heterocycles. The van der Waals surface area contributed by atoms with Gasteiger partial charge in [-0.1, -0.05) is 134 Å². The molecule has 2 nitrogen and oxygen atoms in total. The van der Waals surface area contributed by atoms with Gasteiger partial charge in [0.25, 0.3) is 0 Å². The maximum absolute atomic E-state index is 2.61. The van der Waals surface area contributed by atoms with Crippen LogP contribution in [0.1, 0.15) is 99.9 Å². The van der Waals surface area contributed by atoms with Crippen molar-refractivity contribution in [3.05, 3.63) is 190 Å². The van der Waals surface area contributed by atoms with Crippen LogP contribution in [0.4, 0.5) is 34.1 Å². The van der Waals surface area contributed by atoms with Crippen LogP contribution in [0.2, 0.25) is 0 Å². The zero-order valence-electron chi connectivity index (χ0n) is 33.8. The van der Waals surface area contributed by atoms with Gasteiger partial charge in [0.1, 0.15) is 0 Å². The number of nitrogens with zero attached hydrogens (tertiary/aromatic N) is 2. The number of fused-ring (bicyclic) bond motifs is 10. The van der Waals surface area contributed by atoms with Crippen LogP contribution < -0.4 is 9.80 Å². The van der Waals surface area contributed by atoms with Crippen LogP contribution >= 0.6 is 0 Å². The van der Waals surface area contributed by atoms with Gasteiger partial charge >= 0.3 is 0 Å². The third kappa shape index (κ3) is 4.17. The molecule has 0 unspecified atom stereocenters. The molecule has 0 saturated heterocycles. The van der Waals surface area contributed by atoms with E-state index in [4.69, 9.17) is 0 Å². The Balaban J connectivity index is 1.08. The van der Waals surface area contributed by atoms with Crippen molar-refractivity contribution >= 4 is 34.1 Å². The highest BCUT2D eigenvalue weighted by Gasteiger charge is 2.48. The molecule has 0 aromatic heterocycles. The summed E-state index contributed by atoms with van der Waals surface area (Å²) in [5, 5.41) is 0. The normalized spacial score (nSPS) is 17.5. The van der Waals surface area contributed by atoms with Gasteiger partial charge in [0.05, 0.1) is 17.1 Å². The number of benzene rings is 7. The highest BCUT2D eigenvalue weighted by Crippen LogP contribution is 2.63. The molecule has 0 saturated carbocycles. The topological polar surface area (TPSA) is 6.48 Å². The van der Waals surface area contributed by atoms with E-state index in [-0.39, 0.29) is 21.7 Å². The highest BCUT2D eigenvalue weighted by atomic mass is 15.2. The third-order valence-corrected chi connectivity index (χ3v) is 14.2. The Bertz CT molecular complexity index is 2760. The van der Waals surface area contributed by atoms with Crippen LogP contribution in [0.3, 0.4) is 0 Å². The van der Waals surface area contributed by atoms with Crippen molar-refractivity contribution < 1.29 is 0 Å². The Kier molecular flexibility index (Phi) is 6.53. The molecule has 4 aliphatic rings. The molecule has 274 valence electrons. The molecule has 56 heavy (non-hydrogen) atoms. The summed E-state index contributed by atoms with van der Waals surface area (Å²) in [6.07, 6.45) is 0. The Morgan fingerprint density at radius 2 is 0.768 bits per heavy atom. The molecule has 7 aromatic carbocycles. The van der Waals surface area contributed by atoms with E-state index in [9.17, 15) is 0 Å². The molecule has 2 aliphatic carbocycles. The summed E-state index contributed by atoms with van der Waals surface area (Å²) < 4.78 is 0. The Hall–Kier alpha value is -5.86. The van der Waals surface area contributed by atoms with Gasteiger partial charge in [-0.25, -0.2) is 0 Å². The zero-order chi connectivity index (χ0) is 38.5. The van der Waals surface area contributed by atoms with E-state index in [0.29, 0.717) is 0 Å². The summed E-state index contributed by atoms with van der Waals surface area (Å²) >= 11 is 0. The fourth-order valence-electron chi connectivity index (χ4n) is 11.1. The van der Waals surface area contributed by atoms with E-state index in [0.717, 1.165) is 11.4 Å². The monoisotopic (exact) mass is 724 g/mol. The van der Waals surface area contributed by atoms with Gasteiger partial charge in [0.15, 0.2) is 0 Å². The van der Waals surface area contributed by atoms with Crippen LogP contribution in [-0.2, 0) is 21.7 Å². The summed E-state index contributed by atoms with van der Waals surface area (Å²) in [5.74, 6) is 0. The molecular formula is C54H48N2. The summed E-state index contributed by atoms with van der Waals surface area (Å²) in [6.45, 7) is 19.4. The Morgan fingerprint density at radius 3 is 1.38 bits per heavy atom. The van der Waals surface area contributed by atoms with Gasteiger partial charge in [0, 0.05) is 38.7 Å². The van der Waals surface area contributed by atoms with Gasteiger partial charge in [-0.05, 0) is 133 Å². The molecule has 0 amide bonds. The third-order valence-electron chi connectivity index (χ3n) is 14.2. The van der Waals surface area contributed by atoms with Crippen molar-refractivity contribution in [3.63, 3.8) is 0 Å². The maximum atomic E-state index is 2.61. The molecule has 2 aliphatic heterocycles. The van der Waals surface area contributed by atoms with E-state index in [1.54, 1.807) is 0 Å². The Labute approximate surface area is 332 Å². The van der Waals surface area contributed by atoms with Crippen LogP contribution in [0.25, 0.3) is 22.3 Å². The predicted octanol–water partition coefficient (Wildman–Crippen LogP) is 14.5. The quantitative estimate of drug-likeness (QED) is 0.179. The van der Waals surface area contributed by atoms with Crippen molar-refractivity contribution in [2.45, 2.75) is 77.0 Å². The molecule has 0 bridgehead atoms. The lowest BCUT2D eigenvalue weighted by Crippen LogP contribution is -2.38. The maximum Gasteiger partial charge on any atom is 0.0543 e. The second-order valence-corrected chi connectivity index (χ2v) is 18.6. The number of rotatable bonds is 3. The molecular weight excluding hydrogens is 677 g/mol. The first-order valence-electron chi connectivity index (χ1n) is 20.3. The number of hydrogen-bond acceptors (Lipinski definition) is 2. The van der Waals surface area contributed by atoms with Gasteiger partial charge in [-0.15, -0.1) is 0 Å². The van der Waals surface area contributed by atoms with Crippen LogP contribution in [0.5, 0.6) is 0 Å². The number of anilines is 6. The van der Waals surface area contributed by atoms with E-state index in [1.165, 1.54) is 89.5 Å². The molecule has 11 rings (SSSR count). The van der Waals surface area contributed by atoms with Crippen molar-refractivity contribution in [3.8, 4) is 22.3 Å². The van der Waals surface area contributed by atoms with Gasteiger partial charge in [-0.2, -0.15) is 0 Å². The fourth-order valence-corrected chi connectivity index (χ4v) is 11.1. The lowest BCUT2D eigenvalue weighted by Gasteiger charge is -2.49. The first-order valence-corrected chi connectivity index (χ1v) is 20.3. The summed E-state index contributed by atoms with van der Waals surface area (Å²) in [4.78, 5) is 4.99. The molecule has 2 heteroatoms. The predicted molar refractivity (Wildman–Crippen MR) is 235 cm³/mol. The first kappa shape index (κ1) is 33.5. The minimum Gasteiger partial charge on any atom is -0.310 e. The molecule has 7 aromatic rings. The minimum atomic E-state index is -0.173. The molecule has 0 N–H and O–H groups in total. The highest BCUT2D eigenvalue weighted by molar-refractivity contribution is 5.97. The second-order valence-electron chi connectivity index (χ2n) is 18.6. The van der Waals surface area contributed by atoms with Gasteiger partial charge in [0.2, 0.25) is 0 Å². The second kappa shape index (κ2) is 10.9. The minimum absolute atomic E-state index is 0.0932. The standard InChI is InChI=1S/C54H48N2/c1-51(2)40-22-15-16-25-48(40)56-49-32-46-39(31-47(49)52(3,4)42-24-17-23-41(51)50(42)56)38-30-44-37(29-45(38)54(46,7)8)36-27-26-35(28-43(36)53(44,5)6)55(33-18-11-9-12-19-33)34-20-13-10-14-21-34/h9-32H,1-8H3. The van der Waals surface area contributed by atoms with Crippen LogP contribution in [0.15, 0.2) is 146 Å². The zero-order valence-corrected chi connectivity index (χ0v) is 33.8. The van der Waals surface area contributed by atoms with Crippen molar-refractivity contribution in [2.75, 3.05) is 9.80 Å². The summed E-state index contributed by atoms with van der Waals surface area (Å²) in [7, 11) is 0. The number of hydrogen-bond donors (Lipinski definition) is 0. The molecule has 0 spiro atoms. The lowest BCUT2D eigenvalue weighted by molar-refractivity contribution is 0.596. The van der Waals surface area contributed by atoms with Crippen LogP contribution in [-0.4, -0.2) is 0 Å². The Morgan fingerprint density at radius 1 is 0.321 bits per heavy atom.